The Morgan fingerprint density at radius 1 is 1.47 bits per heavy atom. The van der Waals surface area contributed by atoms with Gasteiger partial charge in [-0.15, -0.1) is 0 Å². The second kappa shape index (κ2) is 5.42. The first-order valence-corrected chi connectivity index (χ1v) is 6.15. The lowest BCUT2D eigenvalue weighted by Crippen LogP contribution is -2.38. The van der Waals surface area contributed by atoms with Crippen LogP contribution in [0.4, 0.5) is 5.95 Å². The highest BCUT2D eigenvalue weighted by atomic mass is 16.3. The molecule has 94 valence electrons. The van der Waals surface area contributed by atoms with Crippen LogP contribution < -0.4 is 10.6 Å². The Labute approximate surface area is 102 Å². The summed E-state index contributed by atoms with van der Waals surface area (Å²) in [6, 6.07) is 1.86. The summed E-state index contributed by atoms with van der Waals surface area (Å²) in [5.41, 5.74) is 0.286. The molecule has 1 aliphatic heterocycles. The van der Waals surface area contributed by atoms with Crippen molar-refractivity contribution in [3.05, 3.63) is 18.0 Å². The van der Waals surface area contributed by atoms with Crippen LogP contribution >= 0.6 is 0 Å². The fourth-order valence-electron chi connectivity index (χ4n) is 2.07. The van der Waals surface area contributed by atoms with Gasteiger partial charge in [0.05, 0.1) is 5.60 Å². The third kappa shape index (κ3) is 3.64. The van der Waals surface area contributed by atoms with Gasteiger partial charge in [-0.1, -0.05) is 0 Å². The maximum absolute atomic E-state index is 10.4. The summed E-state index contributed by atoms with van der Waals surface area (Å²) >= 11 is 0. The zero-order valence-electron chi connectivity index (χ0n) is 10.2. The monoisotopic (exact) mass is 236 g/mol. The van der Waals surface area contributed by atoms with E-state index >= 15 is 0 Å². The van der Waals surface area contributed by atoms with Crippen LogP contribution in [0.5, 0.6) is 0 Å². The highest BCUT2D eigenvalue weighted by molar-refractivity contribution is 5.25. The topological polar surface area (TPSA) is 70.1 Å². The van der Waals surface area contributed by atoms with Crippen LogP contribution in [-0.2, 0) is 0 Å². The summed E-state index contributed by atoms with van der Waals surface area (Å²) in [7, 11) is 0. The van der Waals surface area contributed by atoms with Crippen LogP contribution in [0.15, 0.2) is 12.3 Å². The van der Waals surface area contributed by atoms with Gasteiger partial charge in [-0.25, -0.2) is 9.97 Å². The quantitative estimate of drug-likeness (QED) is 0.721. The highest BCUT2D eigenvalue weighted by Gasteiger charge is 2.27. The molecule has 0 unspecified atom stereocenters. The van der Waals surface area contributed by atoms with Gasteiger partial charge in [-0.3, -0.25) is 0 Å². The van der Waals surface area contributed by atoms with Crippen molar-refractivity contribution in [2.24, 2.45) is 0 Å². The lowest BCUT2D eigenvalue weighted by atomic mass is 9.95. The molecule has 0 spiro atoms. The van der Waals surface area contributed by atoms with E-state index in [1.54, 1.807) is 6.20 Å². The van der Waals surface area contributed by atoms with Crippen LogP contribution in [0.2, 0.25) is 0 Å². The van der Waals surface area contributed by atoms with E-state index in [9.17, 15) is 5.11 Å². The Balaban J connectivity index is 1.92. The second-order valence-electron chi connectivity index (χ2n) is 4.70. The van der Waals surface area contributed by atoms with Crippen LogP contribution in [0.1, 0.15) is 25.0 Å². The molecule has 1 aromatic rings. The zero-order valence-corrected chi connectivity index (χ0v) is 10.2. The van der Waals surface area contributed by atoms with E-state index in [-0.39, 0.29) is 0 Å². The Morgan fingerprint density at radius 3 is 3.18 bits per heavy atom. The van der Waals surface area contributed by atoms with E-state index < -0.39 is 5.60 Å². The molecule has 0 amide bonds. The number of hydrogen-bond donors (Lipinski definition) is 3. The summed E-state index contributed by atoms with van der Waals surface area (Å²) in [5, 5.41) is 16.8. The number of aryl methyl sites for hydroxylation is 1. The Bertz CT molecular complexity index is 361. The predicted molar refractivity (Wildman–Crippen MR) is 66.9 cm³/mol. The molecule has 5 nitrogen and oxygen atoms in total. The molecule has 1 saturated heterocycles. The van der Waals surface area contributed by atoms with Gasteiger partial charge in [0.25, 0.3) is 0 Å². The molecule has 5 heteroatoms. The number of nitrogens with one attached hydrogen (secondary N) is 2. The maximum atomic E-state index is 10.4. The maximum Gasteiger partial charge on any atom is 0.222 e. The summed E-state index contributed by atoms with van der Waals surface area (Å²) in [5.74, 6) is 0.593. The Hall–Kier alpha value is -1.20. The van der Waals surface area contributed by atoms with Gasteiger partial charge >= 0.3 is 0 Å². The first-order chi connectivity index (χ1) is 8.18. The number of rotatable bonds is 3. The normalized spacial score (nSPS) is 25.3. The van der Waals surface area contributed by atoms with Gasteiger partial charge in [-0.2, -0.15) is 0 Å². The second-order valence-corrected chi connectivity index (χ2v) is 4.70. The molecule has 0 saturated carbocycles. The molecule has 0 bridgehead atoms. The van der Waals surface area contributed by atoms with E-state index in [4.69, 9.17) is 0 Å². The van der Waals surface area contributed by atoms with E-state index in [0.717, 1.165) is 38.0 Å². The molecule has 1 aliphatic rings. The van der Waals surface area contributed by atoms with Crippen LogP contribution in [-0.4, -0.2) is 40.3 Å². The average molecular weight is 236 g/mol. The van der Waals surface area contributed by atoms with Crippen LogP contribution in [0.25, 0.3) is 0 Å². The van der Waals surface area contributed by atoms with Crippen molar-refractivity contribution in [3.8, 4) is 0 Å². The summed E-state index contributed by atoms with van der Waals surface area (Å²) in [6.45, 7) is 4.30. The zero-order chi connectivity index (χ0) is 12.1. The summed E-state index contributed by atoms with van der Waals surface area (Å²) in [6.07, 6.45) is 4.32. The fraction of sp³-hybridized carbons (Fsp3) is 0.667. The molecule has 1 fully saturated rings. The van der Waals surface area contributed by atoms with E-state index in [1.807, 2.05) is 13.0 Å². The first-order valence-electron chi connectivity index (χ1n) is 6.15. The van der Waals surface area contributed by atoms with E-state index in [2.05, 4.69) is 20.6 Å². The minimum Gasteiger partial charge on any atom is -0.388 e. The van der Waals surface area contributed by atoms with Crippen LogP contribution in [0.3, 0.4) is 0 Å². The summed E-state index contributed by atoms with van der Waals surface area (Å²) in [4.78, 5) is 8.39. The molecule has 0 radical (unpaired) electrons. The largest absolute Gasteiger partial charge is 0.388 e. The van der Waals surface area contributed by atoms with Crippen molar-refractivity contribution in [1.29, 1.82) is 0 Å². The van der Waals surface area contributed by atoms with Gasteiger partial charge in [0.1, 0.15) is 0 Å². The number of nitrogens with zero attached hydrogens (tertiary/aromatic N) is 2. The number of aromatic nitrogens is 2. The van der Waals surface area contributed by atoms with Gasteiger partial charge in [0.2, 0.25) is 5.95 Å². The minimum absolute atomic E-state index is 0.512. The third-order valence-corrected chi connectivity index (χ3v) is 3.13. The molecule has 2 heterocycles. The predicted octanol–water partition coefficient (Wildman–Crippen LogP) is 0.702. The van der Waals surface area contributed by atoms with Gasteiger partial charge in [0.15, 0.2) is 0 Å². The van der Waals surface area contributed by atoms with Crippen molar-refractivity contribution < 1.29 is 5.11 Å². The number of anilines is 1. The summed E-state index contributed by atoms with van der Waals surface area (Å²) < 4.78 is 0. The van der Waals surface area contributed by atoms with Crippen LogP contribution in [0, 0.1) is 6.92 Å². The average Bonchev–Trinajstić information content (AvgIpc) is 2.53. The lowest BCUT2D eigenvalue weighted by molar-refractivity contribution is 0.0412. The molecule has 2 rings (SSSR count). The SMILES string of the molecule is Cc1ccnc(NC[C@@]2(O)CCCNCC2)n1. The Morgan fingerprint density at radius 2 is 2.35 bits per heavy atom. The molecular formula is C12H20N4O. The van der Waals surface area contributed by atoms with E-state index in [1.165, 1.54) is 0 Å². The fourth-order valence-corrected chi connectivity index (χ4v) is 2.07. The number of aliphatic hydroxyl groups is 1. The molecule has 17 heavy (non-hydrogen) atoms. The standard InChI is InChI=1S/C12H20N4O/c1-10-3-7-14-11(16-10)15-9-12(17)4-2-6-13-8-5-12/h3,7,13,17H,2,4-6,8-9H2,1H3,(H,14,15,16)/t12-/m1/s1. The van der Waals surface area contributed by atoms with Crippen molar-refractivity contribution in [2.45, 2.75) is 31.8 Å². The minimum atomic E-state index is -0.642. The molecule has 1 aromatic heterocycles. The van der Waals surface area contributed by atoms with E-state index in [0.29, 0.717) is 12.5 Å². The van der Waals surface area contributed by atoms with Crippen molar-refractivity contribution in [2.75, 3.05) is 25.0 Å². The highest BCUT2D eigenvalue weighted by Crippen LogP contribution is 2.19. The van der Waals surface area contributed by atoms with Gasteiger partial charge in [0, 0.05) is 18.4 Å². The van der Waals surface area contributed by atoms with Crippen molar-refractivity contribution in [3.63, 3.8) is 0 Å². The van der Waals surface area contributed by atoms with Crippen molar-refractivity contribution >= 4 is 5.95 Å². The third-order valence-electron chi connectivity index (χ3n) is 3.13. The van der Waals surface area contributed by atoms with Gasteiger partial charge < -0.3 is 15.7 Å². The van der Waals surface area contributed by atoms with Crippen molar-refractivity contribution in [1.82, 2.24) is 15.3 Å². The smallest absolute Gasteiger partial charge is 0.222 e. The van der Waals surface area contributed by atoms with Gasteiger partial charge in [-0.05, 0) is 45.3 Å². The molecule has 3 N–H and O–H groups in total. The molecule has 0 aliphatic carbocycles. The Kier molecular flexibility index (Phi) is 3.91. The number of hydrogen-bond acceptors (Lipinski definition) is 5. The first kappa shape index (κ1) is 12.3. The molecule has 1 atom stereocenters. The lowest BCUT2D eigenvalue weighted by Gasteiger charge is -2.26. The molecular weight excluding hydrogens is 216 g/mol. The molecule has 0 aromatic carbocycles.